The zero-order chi connectivity index (χ0) is 25.5. The summed E-state index contributed by atoms with van der Waals surface area (Å²) in [6.45, 7) is 4.22. The SMILES string of the molecule is CCOc1cc(/C=C(\C#N)C(=O)Nc2cccc(Cl)c2C)c(Br)cc1OCc1ccc(Cl)cc1Cl. The molecule has 0 aliphatic heterocycles. The molecular weight excluding hydrogens is 575 g/mol. The Labute approximate surface area is 227 Å². The molecule has 1 N–H and O–H groups in total. The number of rotatable bonds is 8. The Morgan fingerprint density at radius 1 is 1.09 bits per heavy atom. The molecule has 0 radical (unpaired) electrons. The summed E-state index contributed by atoms with van der Waals surface area (Å²) in [5, 5.41) is 13.9. The molecule has 0 aliphatic rings. The maximum Gasteiger partial charge on any atom is 0.266 e. The van der Waals surface area contributed by atoms with Gasteiger partial charge < -0.3 is 14.8 Å². The first kappa shape index (κ1) is 26.9. The summed E-state index contributed by atoms with van der Waals surface area (Å²) >= 11 is 21.8. The highest BCUT2D eigenvalue weighted by atomic mass is 79.9. The van der Waals surface area contributed by atoms with E-state index in [4.69, 9.17) is 44.3 Å². The molecule has 9 heteroatoms. The molecule has 0 heterocycles. The molecule has 0 aliphatic carbocycles. The predicted octanol–water partition coefficient (Wildman–Crippen LogP) is 8.24. The van der Waals surface area contributed by atoms with E-state index < -0.39 is 5.91 Å². The fourth-order valence-electron chi connectivity index (χ4n) is 3.07. The van der Waals surface area contributed by atoms with Crippen molar-refractivity contribution < 1.29 is 14.3 Å². The molecule has 3 rings (SSSR count). The second kappa shape index (κ2) is 12.3. The molecular formula is C26H20BrCl3N2O3. The van der Waals surface area contributed by atoms with Gasteiger partial charge in [-0.1, -0.05) is 62.9 Å². The number of nitrogens with one attached hydrogen (secondary N) is 1. The van der Waals surface area contributed by atoms with Gasteiger partial charge in [-0.05, 0) is 67.4 Å². The van der Waals surface area contributed by atoms with E-state index in [0.717, 1.165) is 5.56 Å². The molecule has 0 atom stereocenters. The number of carbonyl (C=O) groups is 1. The molecule has 3 aromatic carbocycles. The van der Waals surface area contributed by atoms with Crippen LogP contribution in [0.2, 0.25) is 15.1 Å². The smallest absolute Gasteiger partial charge is 0.266 e. The standard InChI is InChI=1S/C26H20BrCl3N2O3/c1-3-34-24-10-17(9-18(13-31)26(33)32-23-6-4-5-21(29)15(23)2)20(27)12-25(24)35-14-16-7-8-19(28)11-22(16)30/h4-12H,3,14H2,1-2H3,(H,32,33)/b18-9+. The number of ether oxygens (including phenoxy) is 2. The average molecular weight is 595 g/mol. The molecule has 3 aromatic rings. The largest absolute Gasteiger partial charge is 0.490 e. The zero-order valence-corrected chi connectivity index (χ0v) is 22.6. The van der Waals surface area contributed by atoms with E-state index in [-0.39, 0.29) is 12.2 Å². The number of amides is 1. The van der Waals surface area contributed by atoms with Gasteiger partial charge in [0.25, 0.3) is 5.91 Å². The van der Waals surface area contributed by atoms with Crippen molar-refractivity contribution in [2.75, 3.05) is 11.9 Å². The molecule has 0 unspecified atom stereocenters. The van der Waals surface area contributed by atoms with E-state index in [1.807, 2.05) is 13.0 Å². The Hall–Kier alpha value is -2.69. The average Bonchev–Trinajstić information content (AvgIpc) is 2.82. The van der Waals surface area contributed by atoms with Gasteiger partial charge >= 0.3 is 0 Å². The van der Waals surface area contributed by atoms with Gasteiger partial charge in [0, 0.05) is 30.8 Å². The molecule has 180 valence electrons. The summed E-state index contributed by atoms with van der Waals surface area (Å²) in [5.41, 5.74) is 2.48. The third-order valence-corrected chi connectivity index (χ3v) is 6.63. The summed E-state index contributed by atoms with van der Waals surface area (Å²) in [6, 6.07) is 15.7. The first-order valence-electron chi connectivity index (χ1n) is 10.4. The summed E-state index contributed by atoms with van der Waals surface area (Å²) in [4.78, 5) is 12.8. The molecule has 35 heavy (non-hydrogen) atoms. The van der Waals surface area contributed by atoms with Crippen molar-refractivity contribution in [2.45, 2.75) is 20.5 Å². The fraction of sp³-hybridized carbons (Fsp3) is 0.154. The Morgan fingerprint density at radius 3 is 2.51 bits per heavy atom. The molecule has 0 spiro atoms. The second-order valence-corrected chi connectivity index (χ2v) is 9.42. The van der Waals surface area contributed by atoms with E-state index >= 15 is 0 Å². The number of nitrogens with zero attached hydrogens (tertiary/aromatic N) is 1. The quantitative estimate of drug-likeness (QED) is 0.211. The highest BCUT2D eigenvalue weighted by molar-refractivity contribution is 9.10. The van der Waals surface area contributed by atoms with E-state index in [9.17, 15) is 10.1 Å². The summed E-state index contributed by atoms with van der Waals surface area (Å²) < 4.78 is 12.3. The third-order valence-electron chi connectivity index (χ3n) is 4.94. The third kappa shape index (κ3) is 6.93. The number of halogens is 4. The number of anilines is 1. The van der Waals surface area contributed by atoms with Crippen LogP contribution in [0.1, 0.15) is 23.6 Å². The number of hydrogen-bond acceptors (Lipinski definition) is 4. The van der Waals surface area contributed by atoms with E-state index in [0.29, 0.717) is 54.5 Å². The maximum absolute atomic E-state index is 12.8. The summed E-state index contributed by atoms with van der Waals surface area (Å²) in [7, 11) is 0. The lowest BCUT2D eigenvalue weighted by Crippen LogP contribution is -2.14. The Balaban J connectivity index is 1.87. The number of hydrogen-bond donors (Lipinski definition) is 1. The van der Waals surface area contributed by atoms with Crippen molar-refractivity contribution in [3.63, 3.8) is 0 Å². The Bertz CT molecular complexity index is 1340. The summed E-state index contributed by atoms with van der Waals surface area (Å²) in [5.74, 6) is 0.371. The van der Waals surface area contributed by atoms with Crippen LogP contribution in [0.25, 0.3) is 6.08 Å². The van der Waals surface area contributed by atoms with Crippen LogP contribution in [0.15, 0.2) is 58.6 Å². The molecule has 0 saturated carbocycles. The van der Waals surface area contributed by atoms with Gasteiger partial charge in [-0.25, -0.2) is 0 Å². The van der Waals surface area contributed by atoms with Gasteiger partial charge in [-0.2, -0.15) is 5.26 Å². The zero-order valence-electron chi connectivity index (χ0n) is 18.8. The van der Waals surface area contributed by atoms with Crippen molar-refractivity contribution in [2.24, 2.45) is 0 Å². The van der Waals surface area contributed by atoms with E-state index in [1.54, 1.807) is 55.5 Å². The van der Waals surface area contributed by atoms with Gasteiger partial charge in [0.05, 0.1) is 6.61 Å². The van der Waals surface area contributed by atoms with Crippen LogP contribution >= 0.6 is 50.7 Å². The molecule has 0 aromatic heterocycles. The van der Waals surface area contributed by atoms with Gasteiger partial charge in [0.1, 0.15) is 18.2 Å². The number of benzene rings is 3. The van der Waals surface area contributed by atoms with E-state index in [1.165, 1.54) is 6.08 Å². The molecule has 0 saturated heterocycles. The maximum atomic E-state index is 12.8. The van der Waals surface area contributed by atoms with Gasteiger partial charge in [-0.15, -0.1) is 0 Å². The van der Waals surface area contributed by atoms with Crippen molar-refractivity contribution in [3.8, 4) is 17.6 Å². The second-order valence-electron chi connectivity index (χ2n) is 7.31. The van der Waals surface area contributed by atoms with Crippen molar-refractivity contribution in [3.05, 3.63) is 90.3 Å². The fourth-order valence-corrected chi connectivity index (χ4v) is 4.15. The van der Waals surface area contributed by atoms with Crippen LogP contribution in [0.5, 0.6) is 11.5 Å². The number of carbonyl (C=O) groups excluding carboxylic acids is 1. The Morgan fingerprint density at radius 2 is 1.83 bits per heavy atom. The molecule has 0 bridgehead atoms. The van der Waals surface area contributed by atoms with Crippen LogP contribution in [0.3, 0.4) is 0 Å². The highest BCUT2D eigenvalue weighted by Crippen LogP contribution is 2.36. The highest BCUT2D eigenvalue weighted by Gasteiger charge is 2.16. The van der Waals surface area contributed by atoms with Crippen molar-refractivity contribution in [1.82, 2.24) is 0 Å². The van der Waals surface area contributed by atoms with Gasteiger partial charge in [0.2, 0.25) is 0 Å². The normalized spacial score (nSPS) is 11.1. The lowest BCUT2D eigenvalue weighted by molar-refractivity contribution is -0.112. The minimum atomic E-state index is -0.555. The van der Waals surface area contributed by atoms with Crippen LogP contribution < -0.4 is 14.8 Å². The van der Waals surface area contributed by atoms with Gasteiger partial charge in [-0.3, -0.25) is 4.79 Å². The van der Waals surface area contributed by atoms with Crippen LogP contribution in [-0.4, -0.2) is 12.5 Å². The van der Waals surface area contributed by atoms with Crippen LogP contribution in [-0.2, 0) is 11.4 Å². The van der Waals surface area contributed by atoms with Gasteiger partial charge in [0.15, 0.2) is 11.5 Å². The first-order valence-corrected chi connectivity index (χ1v) is 12.4. The number of nitriles is 1. The molecule has 1 amide bonds. The minimum Gasteiger partial charge on any atom is -0.490 e. The topological polar surface area (TPSA) is 71.3 Å². The van der Waals surface area contributed by atoms with E-state index in [2.05, 4.69) is 21.2 Å². The lowest BCUT2D eigenvalue weighted by atomic mass is 10.1. The summed E-state index contributed by atoms with van der Waals surface area (Å²) in [6.07, 6.45) is 1.47. The van der Waals surface area contributed by atoms with Crippen LogP contribution in [0, 0.1) is 18.3 Å². The molecule has 5 nitrogen and oxygen atoms in total. The van der Waals surface area contributed by atoms with Crippen LogP contribution in [0.4, 0.5) is 5.69 Å². The molecule has 0 fully saturated rings. The van der Waals surface area contributed by atoms with Crippen molar-refractivity contribution in [1.29, 1.82) is 5.26 Å². The minimum absolute atomic E-state index is 0.0888. The lowest BCUT2D eigenvalue weighted by Gasteiger charge is -2.15. The Kier molecular flexibility index (Phi) is 9.47. The van der Waals surface area contributed by atoms with Crippen molar-refractivity contribution >= 4 is 68.4 Å². The monoisotopic (exact) mass is 592 g/mol. The first-order chi connectivity index (χ1) is 16.7. The predicted molar refractivity (Wildman–Crippen MR) is 145 cm³/mol.